The number of esters is 1. The molecule has 0 bridgehead atoms. The number of hydrogen-bond acceptors (Lipinski definition) is 7. The minimum absolute atomic E-state index is 0.0811. The summed E-state index contributed by atoms with van der Waals surface area (Å²) in [6.45, 7) is -0.352. The molecule has 1 aromatic rings. The molecule has 10 heteroatoms. The van der Waals surface area contributed by atoms with Crippen LogP contribution < -0.4 is 4.90 Å². The third kappa shape index (κ3) is 2.74. The van der Waals surface area contributed by atoms with Gasteiger partial charge in [0.25, 0.3) is 0 Å². The molecule has 1 fully saturated rings. The first-order valence-corrected chi connectivity index (χ1v) is 6.92. The molecule has 0 saturated carbocycles. The second-order valence-corrected chi connectivity index (χ2v) is 5.69. The average Bonchev–Trinajstić information content (AvgIpc) is 2.80. The van der Waals surface area contributed by atoms with E-state index < -0.39 is 33.8 Å². The Balaban J connectivity index is 2.21. The zero-order valence-corrected chi connectivity index (χ0v) is 11.1. The average molecular weight is 303 g/mol. The quantitative estimate of drug-likeness (QED) is 0.555. The molecule has 0 N–H and O–H groups in total. The summed E-state index contributed by atoms with van der Waals surface area (Å²) in [4.78, 5) is 31.3. The maximum atomic E-state index is 12.9. The van der Waals surface area contributed by atoms with Gasteiger partial charge in [-0.2, -0.15) is 8.42 Å². The number of anilines is 1. The number of hydrogen-bond donors (Lipinski definition) is 0. The zero-order valence-electron chi connectivity index (χ0n) is 10.3. The third-order valence-electron chi connectivity index (χ3n) is 2.79. The molecule has 0 spiro atoms. The van der Waals surface area contributed by atoms with Crippen LogP contribution in [0.15, 0.2) is 12.4 Å². The van der Waals surface area contributed by atoms with Gasteiger partial charge in [-0.1, -0.05) is 0 Å². The van der Waals surface area contributed by atoms with Crippen LogP contribution in [0.4, 0.5) is 9.83 Å². The minimum Gasteiger partial charge on any atom is -0.465 e. The summed E-state index contributed by atoms with van der Waals surface area (Å²) in [6, 6.07) is 0. The van der Waals surface area contributed by atoms with Crippen LogP contribution in [0.5, 0.6) is 0 Å². The molecular formula is C10H10FN3O5S. The first kappa shape index (κ1) is 14.3. The van der Waals surface area contributed by atoms with Crippen molar-refractivity contribution in [3.8, 4) is 0 Å². The summed E-state index contributed by atoms with van der Waals surface area (Å²) in [5.41, 5.74) is 0.0811. The predicted octanol–water partition coefficient (Wildman–Crippen LogP) is -0.332. The van der Waals surface area contributed by atoms with Crippen molar-refractivity contribution in [1.29, 1.82) is 0 Å². The van der Waals surface area contributed by atoms with Crippen LogP contribution in [0.1, 0.15) is 16.8 Å². The fourth-order valence-electron chi connectivity index (χ4n) is 1.74. The molecule has 20 heavy (non-hydrogen) atoms. The van der Waals surface area contributed by atoms with Crippen molar-refractivity contribution in [3.05, 3.63) is 18.0 Å². The van der Waals surface area contributed by atoms with Crippen LogP contribution in [0.3, 0.4) is 0 Å². The van der Waals surface area contributed by atoms with Crippen molar-refractivity contribution in [2.24, 2.45) is 0 Å². The number of carbonyl (C=O) groups is 2. The fraction of sp³-hybridized carbons (Fsp3) is 0.400. The highest BCUT2D eigenvalue weighted by Gasteiger charge is 2.40. The largest absolute Gasteiger partial charge is 0.465 e. The molecule has 1 aromatic heterocycles. The summed E-state index contributed by atoms with van der Waals surface area (Å²) in [5.74, 6) is -1.33. The van der Waals surface area contributed by atoms with Gasteiger partial charge in [-0.15, -0.1) is 3.89 Å². The van der Waals surface area contributed by atoms with Crippen LogP contribution in [0.2, 0.25) is 0 Å². The van der Waals surface area contributed by atoms with Gasteiger partial charge in [0.15, 0.2) is 0 Å². The molecular weight excluding hydrogens is 293 g/mol. The van der Waals surface area contributed by atoms with Crippen LogP contribution in [0.25, 0.3) is 0 Å². The molecule has 2 rings (SSSR count). The van der Waals surface area contributed by atoms with E-state index in [1.807, 2.05) is 0 Å². The number of nitrogens with zero attached hydrogens (tertiary/aromatic N) is 3. The lowest BCUT2D eigenvalue weighted by molar-refractivity contribution is -0.117. The Labute approximate surface area is 113 Å². The van der Waals surface area contributed by atoms with Crippen LogP contribution in [0, 0.1) is 0 Å². The number of amides is 1. The molecule has 0 aromatic carbocycles. The predicted molar refractivity (Wildman–Crippen MR) is 64.2 cm³/mol. The third-order valence-corrected chi connectivity index (χ3v) is 3.90. The monoisotopic (exact) mass is 303 g/mol. The first-order chi connectivity index (χ1) is 9.32. The Morgan fingerprint density at radius 1 is 1.45 bits per heavy atom. The van der Waals surface area contributed by atoms with Gasteiger partial charge in [-0.05, 0) is 0 Å². The summed E-state index contributed by atoms with van der Waals surface area (Å²) < 4.78 is 38.9. The SMILES string of the molecule is COC(=O)c1cnc(N2CC(S(=O)(=O)F)CC2=O)nc1. The van der Waals surface area contributed by atoms with Crippen molar-refractivity contribution in [1.82, 2.24) is 9.97 Å². The standard InChI is InChI=1S/C10H10FN3O5S/c1-19-9(16)6-3-12-10(13-4-6)14-5-7(2-8(14)15)20(11,17)18/h3-4,7H,2,5H2,1H3. The lowest BCUT2D eigenvalue weighted by Gasteiger charge is -2.13. The lowest BCUT2D eigenvalue weighted by Crippen LogP contribution is -2.28. The number of carbonyl (C=O) groups excluding carboxylic acids is 2. The van der Waals surface area contributed by atoms with Gasteiger partial charge in [0.1, 0.15) is 5.25 Å². The Bertz CT molecular complexity index is 645. The molecule has 8 nitrogen and oxygen atoms in total. The van der Waals surface area contributed by atoms with Gasteiger partial charge in [0, 0.05) is 25.4 Å². The van der Waals surface area contributed by atoms with E-state index in [9.17, 15) is 21.9 Å². The van der Waals surface area contributed by atoms with E-state index in [0.717, 1.165) is 17.3 Å². The van der Waals surface area contributed by atoms with Gasteiger partial charge >= 0.3 is 16.2 Å². The maximum Gasteiger partial charge on any atom is 0.341 e. The molecule has 1 unspecified atom stereocenters. The Hall–Kier alpha value is -2.10. The lowest BCUT2D eigenvalue weighted by atomic mass is 10.3. The topological polar surface area (TPSA) is 107 Å². The van der Waals surface area contributed by atoms with Gasteiger partial charge in [0.05, 0.1) is 12.7 Å². The van der Waals surface area contributed by atoms with Crippen molar-refractivity contribution in [2.75, 3.05) is 18.6 Å². The van der Waals surface area contributed by atoms with E-state index >= 15 is 0 Å². The number of aromatic nitrogens is 2. The number of methoxy groups -OCH3 is 1. The summed E-state index contributed by atoms with van der Waals surface area (Å²) in [6.07, 6.45) is 1.82. The first-order valence-electron chi connectivity index (χ1n) is 5.47. The minimum atomic E-state index is -4.79. The van der Waals surface area contributed by atoms with E-state index in [1.165, 1.54) is 7.11 Å². The number of rotatable bonds is 3. The van der Waals surface area contributed by atoms with Gasteiger partial charge in [-0.3, -0.25) is 9.69 Å². The molecule has 1 aliphatic rings. The summed E-state index contributed by atoms with van der Waals surface area (Å²) >= 11 is 0. The number of halogens is 1. The second kappa shape index (κ2) is 5.12. The Morgan fingerprint density at radius 2 is 2.05 bits per heavy atom. The summed E-state index contributed by atoms with van der Waals surface area (Å²) in [5, 5.41) is -1.42. The van der Waals surface area contributed by atoms with E-state index in [-0.39, 0.29) is 18.1 Å². The van der Waals surface area contributed by atoms with Crippen LogP contribution in [-0.2, 0) is 19.8 Å². The molecule has 108 valence electrons. The van der Waals surface area contributed by atoms with Crippen molar-refractivity contribution < 1.29 is 26.6 Å². The van der Waals surface area contributed by atoms with Crippen molar-refractivity contribution in [3.63, 3.8) is 0 Å². The fourth-order valence-corrected chi connectivity index (χ4v) is 2.41. The smallest absolute Gasteiger partial charge is 0.341 e. The van der Waals surface area contributed by atoms with Crippen molar-refractivity contribution in [2.45, 2.75) is 11.7 Å². The Morgan fingerprint density at radius 3 is 2.50 bits per heavy atom. The van der Waals surface area contributed by atoms with E-state index in [4.69, 9.17) is 0 Å². The van der Waals surface area contributed by atoms with Gasteiger partial charge in [-0.25, -0.2) is 14.8 Å². The van der Waals surface area contributed by atoms with Crippen LogP contribution in [-0.4, -0.2) is 49.2 Å². The highest BCUT2D eigenvalue weighted by Crippen LogP contribution is 2.23. The van der Waals surface area contributed by atoms with Crippen LogP contribution >= 0.6 is 0 Å². The molecule has 1 saturated heterocycles. The maximum absolute atomic E-state index is 12.9. The van der Waals surface area contributed by atoms with Gasteiger partial charge < -0.3 is 4.74 Å². The number of ether oxygens (including phenoxy) is 1. The van der Waals surface area contributed by atoms with E-state index in [0.29, 0.717) is 0 Å². The molecule has 2 heterocycles. The highest BCUT2D eigenvalue weighted by molar-refractivity contribution is 7.87. The Kier molecular flexibility index (Phi) is 3.66. The summed E-state index contributed by atoms with van der Waals surface area (Å²) in [7, 11) is -3.60. The molecule has 1 amide bonds. The van der Waals surface area contributed by atoms with E-state index in [1.54, 1.807) is 0 Å². The van der Waals surface area contributed by atoms with E-state index in [2.05, 4.69) is 14.7 Å². The van der Waals surface area contributed by atoms with Crippen molar-refractivity contribution >= 4 is 28.0 Å². The molecule has 1 atom stereocenters. The normalized spacial score (nSPS) is 19.2. The zero-order chi connectivity index (χ0) is 14.9. The highest BCUT2D eigenvalue weighted by atomic mass is 32.3. The molecule has 0 radical (unpaired) electrons. The second-order valence-electron chi connectivity index (χ2n) is 4.07. The molecule has 0 aliphatic carbocycles. The van der Waals surface area contributed by atoms with Gasteiger partial charge in [0.2, 0.25) is 11.9 Å². The molecule has 1 aliphatic heterocycles.